The van der Waals surface area contributed by atoms with Crippen LogP contribution in [-0.4, -0.2) is 89.2 Å². The number of aliphatic carboxylic acids is 1. The lowest BCUT2D eigenvalue weighted by molar-refractivity contribution is -0.143. The molecule has 3 aliphatic rings. The molecule has 7 rings (SSSR count). The number of benzene rings is 2. The highest BCUT2D eigenvalue weighted by atomic mass is 35.5. The van der Waals surface area contributed by atoms with Crippen LogP contribution < -0.4 is 10.6 Å². The van der Waals surface area contributed by atoms with E-state index >= 15 is 0 Å². The van der Waals surface area contributed by atoms with Crippen LogP contribution in [0.5, 0.6) is 0 Å². The lowest BCUT2D eigenvalue weighted by Crippen LogP contribution is -2.36. The van der Waals surface area contributed by atoms with Gasteiger partial charge in [-0.3, -0.25) is 24.2 Å². The van der Waals surface area contributed by atoms with Gasteiger partial charge < -0.3 is 30.0 Å². The van der Waals surface area contributed by atoms with Gasteiger partial charge in [-0.05, 0) is 50.7 Å². The van der Waals surface area contributed by atoms with Crippen LogP contribution in [0.4, 0.5) is 11.4 Å². The van der Waals surface area contributed by atoms with E-state index in [0.717, 1.165) is 80.9 Å². The Morgan fingerprint density at radius 3 is 1.76 bits per heavy atom. The van der Waals surface area contributed by atoms with Crippen LogP contribution in [0.3, 0.4) is 0 Å². The van der Waals surface area contributed by atoms with Gasteiger partial charge in [-0.15, -0.1) is 0 Å². The molecule has 13 nitrogen and oxygen atoms in total. The number of fused-ring (bicyclic) bond motifs is 2. The molecular formula is C39H46Cl2N8O5. The van der Waals surface area contributed by atoms with E-state index < -0.39 is 18.0 Å². The van der Waals surface area contributed by atoms with Gasteiger partial charge in [0.2, 0.25) is 0 Å². The van der Waals surface area contributed by atoms with E-state index in [0.29, 0.717) is 53.9 Å². The minimum atomic E-state index is -0.690. The van der Waals surface area contributed by atoms with Gasteiger partial charge in [0.05, 0.1) is 44.8 Å². The Morgan fingerprint density at radius 2 is 1.28 bits per heavy atom. The molecule has 2 aromatic heterocycles. The first kappa shape index (κ1) is 38.0. The summed E-state index contributed by atoms with van der Waals surface area (Å²) in [7, 11) is 3.68. The Hall–Kier alpha value is -4.27. The summed E-state index contributed by atoms with van der Waals surface area (Å²) in [4.78, 5) is 52.5. The Bertz CT molecular complexity index is 2090. The molecule has 0 saturated heterocycles. The number of hydrogen-bond donors (Lipinski definition) is 4. The molecule has 2 aliphatic heterocycles. The van der Waals surface area contributed by atoms with Crippen LogP contribution in [-0.2, 0) is 44.8 Å². The maximum absolute atomic E-state index is 13.7. The molecule has 0 spiro atoms. The van der Waals surface area contributed by atoms with Gasteiger partial charge in [-0.25, -0.2) is 9.97 Å². The third kappa shape index (κ3) is 7.78. The molecule has 54 heavy (non-hydrogen) atoms. The van der Waals surface area contributed by atoms with Gasteiger partial charge in [0.15, 0.2) is 11.6 Å². The SMILES string of the molecule is CC(O)CN1CCc2c(nc(C(=O)Nc3cccc(-c4cccc(NC(=O)c5nc6c(n5C)CCN(C[C@H]5CC[C@H](C(=O)O)CC5)C6)c4Cl)c3Cl)n2C)C1. The molecule has 1 unspecified atom stereocenters. The number of halogens is 2. The maximum Gasteiger partial charge on any atom is 0.306 e. The molecule has 1 fully saturated rings. The van der Waals surface area contributed by atoms with Crippen molar-refractivity contribution in [3.8, 4) is 11.1 Å². The third-order valence-corrected chi connectivity index (χ3v) is 11.9. The zero-order valence-corrected chi connectivity index (χ0v) is 32.3. The molecule has 0 radical (unpaired) electrons. The number of amides is 2. The molecule has 0 bridgehead atoms. The number of aliphatic hydroxyl groups is 1. The molecule has 4 N–H and O–H groups in total. The molecule has 1 aliphatic carbocycles. The topological polar surface area (TPSA) is 158 Å². The average molecular weight is 778 g/mol. The van der Waals surface area contributed by atoms with E-state index in [1.165, 1.54) is 0 Å². The van der Waals surface area contributed by atoms with Gasteiger partial charge >= 0.3 is 5.97 Å². The third-order valence-electron chi connectivity index (χ3n) is 11.1. The van der Waals surface area contributed by atoms with Crippen molar-refractivity contribution in [2.24, 2.45) is 25.9 Å². The van der Waals surface area contributed by atoms with Crippen molar-refractivity contribution in [3.63, 3.8) is 0 Å². The number of anilines is 2. The van der Waals surface area contributed by atoms with Crippen molar-refractivity contribution < 1.29 is 24.6 Å². The number of hydrogen-bond acceptors (Lipinski definition) is 8. The molecule has 2 amide bonds. The van der Waals surface area contributed by atoms with Crippen molar-refractivity contribution >= 4 is 52.4 Å². The highest BCUT2D eigenvalue weighted by molar-refractivity contribution is 6.40. The predicted molar refractivity (Wildman–Crippen MR) is 207 cm³/mol. The molecular weight excluding hydrogens is 731 g/mol. The molecule has 4 heterocycles. The number of aromatic nitrogens is 4. The fourth-order valence-corrected chi connectivity index (χ4v) is 8.79. The highest BCUT2D eigenvalue weighted by Crippen LogP contribution is 2.40. The number of carboxylic acids is 1. The number of carboxylic acid groups (broad SMARTS) is 1. The summed E-state index contributed by atoms with van der Waals surface area (Å²) in [5.74, 6) is -0.674. The molecule has 2 aromatic carbocycles. The van der Waals surface area contributed by atoms with E-state index in [9.17, 15) is 24.6 Å². The lowest BCUT2D eigenvalue weighted by atomic mass is 9.81. The van der Waals surface area contributed by atoms with E-state index in [1.54, 1.807) is 43.3 Å². The Labute approximate surface area is 324 Å². The summed E-state index contributed by atoms with van der Waals surface area (Å²) < 4.78 is 3.67. The minimum absolute atomic E-state index is 0.227. The monoisotopic (exact) mass is 776 g/mol. The number of imidazole rings is 2. The van der Waals surface area contributed by atoms with E-state index in [2.05, 4.69) is 25.4 Å². The van der Waals surface area contributed by atoms with Crippen LogP contribution in [0.2, 0.25) is 10.0 Å². The van der Waals surface area contributed by atoms with Crippen LogP contribution in [0.15, 0.2) is 36.4 Å². The summed E-state index contributed by atoms with van der Waals surface area (Å²) in [6.45, 7) is 6.02. The van der Waals surface area contributed by atoms with Gasteiger partial charge in [0.1, 0.15) is 0 Å². The van der Waals surface area contributed by atoms with Crippen LogP contribution in [0.1, 0.15) is 76.6 Å². The Kier molecular flexibility index (Phi) is 11.1. The summed E-state index contributed by atoms with van der Waals surface area (Å²) in [6.07, 6.45) is 4.32. The average Bonchev–Trinajstić information content (AvgIpc) is 3.65. The van der Waals surface area contributed by atoms with Crippen molar-refractivity contribution in [2.75, 3.05) is 36.8 Å². The maximum atomic E-state index is 13.7. The van der Waals surface area contributed by atoms with E-state index in [-0.39, 0.29) is 27.7 Å². The summed E-state index contributed by atoms with van der Waals surface area (Å²) in [6, 6.07) is 10.6. The number of nitrogens with one attached hydrogen (secondary N) is 2. The van der Waals surface area contributed by atoms with E-state index in [4.69, 9.17) is 28.2 Å². The number of aliphatic hydroxyl groups excluding tert-OH is 1. The number of carbonyl (C=O) groups excluding carboxylic acids is 2. The predicted octanol–water partition coefficient (Wildman–Crippen LogP) is 5.62. The van der Waals surface area contributed by atoms with Crippen LogP contribution >= 0.6 is 23.2 Å². The van der Waals surface area contributed by atoms with E-state index in [1.807, 2.05) is 23.2 Å². The van der Waals surface area contributed by atoms with Crippen molar-refractivity contribution in [2.45, 2.75) is 64.6 Å². The fraction of sp³-hybridized carbons (Fsp3) is 0.462. The van der Waals surface area contributed by atoms with Crippen molar-refractivity contribution in [1.82, 2.24) is 28.9 Å². The zero-order valence-electron chi connectivity index (χ0n) is 30.7. The quantitative estimate of drug-likeness (QED) is 0.161. The standard InChI is InChI=1S/C39H46Cl2N8O5/c1-22(50)18-48-16-14-31-29(20-48)42-35(46(31)2)37(51)44-27-8-4-6-25(33(27)40)26-7-5-9-28(34(26)41)45-38(52)36-43-30-21-49(17-15-32(30)47(36)3)19-23-10-12-24(13-11-23)39(53)54/h4-9,22-24,50H,10-21H2,1-3H3,(H,44,51)(H,45,52)(H,53,54)/t22?,23-,24-. The van der Waals surface area contributed by atoms with Crippen molar-refractivity contribution in [3.05, 3.63) is 80.9 Å². The second-order valence-electron chi connectivity index (χ2n) is 14.9. The van der Waals surface area contributed by atoms with Gasteiger partial charge in [-0.2, -0.15) is 0 Å². The first-order valence-corrected chi connectivity index (χ1v) is 19.3. The highest BCUT2D eigenvalue weighted by Gasteiger charge is 2.31. The number of carbonyl (C=O) groups is 3. The fourth-order valence-electron chi connectivity index (χ4n) is 8.24. The van der Waals surface area contributed by atoms with Crippen LogP contribution in [0.25, 0.3) is 11.1 Å². The Balaban J connectivity index is 1.03. The van der Waals surface area contributed by atoms with Gasteiger partial charge in [-0.1, -0.05) is 47.5 Å². The molecule has 286 valence electrons. The summed E-state index contributed by atoms with van der Waals surface area (Å²) in [5.41, 5.74) is 5.66. The van der Waals surface area contributed by atoms with Crippen molar-refractivity contribution in [1.29, 1.82) is 0 Å². The molecule has 15 heteroatoms. The molecule has 1 saturated carbocycles. The number of nitrogens with zero attached hydrogens (tertiary/aromatic N) is 6. The minimum Gasteiger partial charge on any atom is -0.481 e. The lowest BCUT2D eigenvalue weighted by Gasteiger charge is -2.33. The molecule has 1 atom stereocenters. The second-order valence-corrected chi connectivity index (χ2v) is 15.6. The number of rotatable bonds is 10. The van der Waals surface area contributed by atoms with Crippen LogP contribution in [0, 0.1) is 11.8 Å². The van der Waals surface area contributed by atoms with Gasteiger partial charge in [0, 0.05) is 88.7 Å². The smallest absolute Gasteiger partial charge is 0.306 e. The zero-order chi connectivity index (χ0) is 38.3. The Morgan fingerprint density at radius 1 is 0.796 bits per heavy atom. The second kappa shape index (κ2) is 15.8. The number of β-amino-alcohol motifs (C(OH)–C–C–N with tert-alkyl or cyclic N) is 1. The largest absolute Gasteiger partial charge is 0.481 e. The molecule has 4 aromatic rings. The first-order valence-electron chi connectivity index (χ1n) is 18.5. The normalized spacial score (nSPS) is 19.5. The van der Waals surface area contributed by atoms with Gasteiger partial charge in [0.25, 0.3) is 11.8 Å². The first-order chi connectivity index (χ1) is 25.9. The summed E-state index contributed by atoms with van der Waals surface area (Å²) in [5, 5.41) is 25.6. The summed E-state index contributed by atoms with van der Waals surface area (Å²) >= 11 is 13.9.